The molecule has 15 heavy (non-hydrogen) atoms. The van der Waals surface area contributed by atoms with Gasteiger partial charge in [-0.15, -0.1) is 0 Å². The van der Waals surface area contributed by atoms with Crippen molar-refractivity contribution in [2.45, 2.75) is 12.3 Å². The van der Waals surface area contributed by atoms with Gasteiger partial charge in [-0.2, -0.15) is 0 Å². The second-order valence-electron chi connectivity index (χ2n) is 2.86. The maximum atomic E-state index is 12.9. The molecule has 3 nitrogen and oxygen atoms in total. The lowest BCUT2D eigenvalue weighted by Crippen LogP contribution is -2.23. The van der Waals surface area contributed by atoms with Crippen molar-refractivity contribution in [2.75, 3.05) is 0 Å². The van der Waals surface area contributed by atoms with Crippen LogP contribution in [0.3, 0.4) is 0 Å². The van der Waals surface area contributed by atoms with Gasteiger partial charge in [0.05, 0.1) is 5.02 Å². The lowest BCUT2D eigenvalue weighted by Gasteiger charge is -2.12. The molecule has 6 heteroatoms. The number of aliphatic hydroxyl groups is 1. The Labute approximate surface area is 98.6 Å². The van der Waals surface area contributed by atoms with Gasteiger partial charge in [-0.1, -0.05) is 17.7 Å². The number of hydrogen-bond acceptors (Lipinski definition) is 2. The summed E-state index contributed by atoms with van der Waals surface area (Å²) >= 11 is 8.78. The predicted octanol–water partition coefficient (Wildman–Crippen LogP) is 2.56. The summed E-state index contributed by atoms with van der Waals surface area (Å²) in [5.41, 5.74) is 0.154. The molecule has 2 atom stereocenters. The Morgan fingerprint density at radius 2 is 2.13 bits per heavy atom. The summed E-state index contributed by atoms with van der Waals surface area (Å²) < 4.78 is 13.4. The van der Waals surface area contributed by atoms with Crippen molar-refractivity contribution in [1.82, 2.24) is 0 Å². The predicted molar refractivity (Wildman–Crippen MR) is 56.6 cm³/mol. The largest absolute Gasteiger partial charge is 0.479 e. The highest BCUT2D eigenvalue weighted by Crippen LogP contribution is 2.28. The van der Waals surface area contributed by atoms with Crippen molar-refractivity contribution in [2.24, 2.45) is 0 Å². The van der Waals surface area contributed by atoms with E-state index in [0.29, 0.717) is 9.50 Å². The van der Waals surface area contributed by atoms with Crippen molar-refractivity contribution in [3.05, 3.63) is 33.3 Å². The zero-order valence-corrected chi connectivity index (χ0v) is 9.67. The summed E-state index contributed by atoms with van der Waals surface area (Å²) in [7, 11) is 0. The first-order valence-electron chi connectivity index (χ1n) is 3.93. The fourth-order valence-corrected chi connectivity index (χ4v) is 1.51. The SMILES string of the molecule is O=C(O)C(F)C(O)c1ccc(Cl)c(Br)c1. The molecule has 0 aromatic heterocycles. The highest BCUT2D eigenvalue weighted by Gasteiger charge is 2.27. The summed E-state index contributed by atoms with van der Waals surface area (Å²) in [5.74, 6) is -1.70. The molecule has 0 aliphatic rings. The lowest BCUT2D eigenvalue weighted by molar-refractivity contribution is -0.147. The first-order chi connectivity index (χ1) is 6.93. The molecule has 0 saturated carbocycles. The molecular formula is C9H7BrClFO3. The van der Waals surface area contributed by atoms with Crippen LogP contribution >= 0.6 is 27.5 Å². The van der Waals surface area contributed by atoms with Crippen molar-refractivity contribution in [3.63, 3.8) is 0 Å². The standard InChI is InChI=1S/C9H7BrClFO3/c10-5-3-4(1-2-6(5)11)8(13)7(12)9(14)15/h1-3,7-8,13H,(H,14,15). The summed E-state index contributed by atoms with van der Waals surface area (Å²) in [6.07, 6.45) is -4.05. The number of rotatable bonds is 3. The Bertz CT molecular complexity index is 386. The maximum absolute atomic E-state index is 12.9. The summed E-state index contributed by atoms with van der Waals surface area (Å²) in [6, 6.07) is 4.19. The number of carboxylic acid groups (broad SMARTS) is 1. The Morgan fingerprint density at radius 1 is 1.53 bits per heavy atom. The van der Waals surface area contributed by atoms with Crippen LogP contribution < -0.4 is 0 Å². The van der Waals surface area contributed by atoms with E-state index >= 15 is 0 Å². The van der Waals surface area contributed by atoms with E-state index in [1.165, 1.54) is 18.2 Å². The minimum Gasteiger partial charge on any atom is -0.479 e. The van der Waals surface area contributed by atoms with Gasteiger partial charge in [0.2, 0.25) is 6.17 Å². The molecule has 0 aliphatic heterocycles. The first kappa shape index (κ1) is 12.4. The Morgan fingerprint density at radius 3 is 2.60 bits per heavy atom. The van der Waals surface area contributed by atoms with Gasteiger partial charge in [0, 0.05) is 4.47 Å². The number of halogens is 3. The van der Waals surface area contributed by atoms with Gasteiger partial charge in [0.15, 0.2) is 0 Å². The minimum atomic E-state index is -2.35. The van der Waals surface area contributed by atoms with E-state index < -0.39 is 18.2 Å². The number of aliphatic hydroxyl groups excluding tert-OH is 1. The zero-order chi connectivity index (χ0) is 11.6. The van der Waals surface area contributed by atoms with E-state index in [2.05, 4.69) is 15.9 Å². The van der Waals surface area contributed by atoms with Crippen LogP contribution in [0.4, 0.5) is 4.39 Å². The van der Waals surface area contributed by atoms with E-state index in [1.54, 1.807) is 0 Å². The second kappa shape index (κ2) is 4.92. The molecular weight excluding hydrogens is 290 g/mol. The van der Waals surface area contributed by atoms with Gasteiger partial charge >= 0.3 is 5.97 Å². The average molecular weight is 298 g/mol. The summed E-state index contributed by atoms with van der Waals surface area (Å²) in [6.45, 7) is 0. The van der Waals surface area contributed by atoms with Crippen LogP contribution in [0.5, 0.6) is 0 Å². The number of carbonyl (C=O) groups is 1. The molecule has 0 saturated heterocycles. The molecule has 0 bridgehead atoms. The third-order valence-corrected chi connectivity index (χ3v) is 3.01. The van der Waals surface area contributed by atoms with Crippen molar-refractivity contribution in [3.8, 4) is 0 Å². The maximum Gasteiger partial charge on any atom is 0.341 e. The fraction of sp³-hybridized carbons (Fsp3) is 0.222. The first-order valence-corrected chi connectivity index (χ1v) is 5.10. The minimum absolute atomic E-state index is 0.154. The van der Waals surface area contributed by atoms with E-state index in [0.717, 1.165) is 0 Å². The van der Waals surface area contributed by atoms with Gasteiger partial charge in [-0.05, 0) is 33.6 Å². The molecule has 1 aromatic carbocycles. The van der Waals surface area contributed by atoms with E-state index in [4.69, 9.17) is 16.7 Å². The molecule has 82 valence electrons. The topological polar surface area (TPSA) is 57.5 Å². The van der Waals surface area contributed by atoms with Crippen LogP contribution in [-0.4, -0.2) is 22.4 Å². The molecule has 2 N–H and O–H groups in total. The molecule has 1 rings (SSSR count). The summed E-state index contributed by atoms with van der Waals surface area (Å²) in [5, 5.41) is 18.1. The van der Waals surface area contributed by atoms with Gasteiger partial charge in [-0.3, -0.25) is 0 Å². The van der Waals surface area contributed by atoms with E-state index in [9.17, 15) is 14.3 Å². The molecule has 0 radical (unpaired) electrons. The van der Waals surface area contributed by atoms with Crippen LogP contribution in [0, 0.1) is 0 Å². The van der Waals surface area contributed by atoms with Crippen LogP contribution in [0.15, 0.2) is 22.7 Å². The van der Waals surface area contributed by atoms with Gasteiger partial charge in [0.1, 0.15) is 6.10 Å². The van der Waals surface area contributed by atoms with Crippen LogP contribution in [0.1, 0.15) is 11.7 Å². The molecule has 1 aromatic rings. The van der Waals surface area contributed by atoms with Crippen molar-refractivity contribution < 1.29 is 19.4 Å². The average Bonchev–Trinajstić information content (AvgIpc) is 2.19. The van der Waals surface area contributed by atoms with Crippen LogP contribution in [0.2, 0.25) is 5.02 Å². The van der Waals surface area contributed by atoms with Gasteiger partial charge in [-0.25, -0.2) is 9.18 Å². The van der Waals surface area contributed by atoms with E-state index in [-0.39, 0.29) is 5.56 Å². The molecule has 0 aliphatic carbocycles. The lowest BCUT2D eigenvalue weighted by atomic mass is 10.1. The number of hydrogen-bond donors (Lipinski definition) is 2. The Kier molecular flexibility index (Phi) is 4.07. The third-order valence-electron chi connectivity index (χ3n) is 1.80. The normalized spacial score (nSPS) is 14.7. The number of aliphatic carboxylic acids is 1. The van der Waals surface area contributed by atoms with Crippen molar-refractivity contribution >= 4 is 33.5 Å². The van der Waals surface area contributed by atoms with Crippen LogP contribution in [0.25, 0.3) is 0 Å². The number of alkyl halides is 1. The monoisotopic (exact) mass is 296 g/mol. The highest BCUT2D eigenvalue weighted by atomic mass is 79.9. The molecule has 0 fully saturated rings. The van der Waals surface area contributed by atoms with E-state index in [1.807, 2.05) is 0 Å². The van der Waals surface area contributed by atoms with Crippen LogP contribution in [-0.2, 0) is 4.79 Å². The summed E-state index contributed by atoms with van der Waals surface area (Å²) in [4.78, 5) is 10.3. The zero-order valence-electron chi connectivity index (χ0n) is 7.32. The Balaban J connectivity index is 2.96. The Hall–Kier alpha value is -0.650. The molecule has 0 spiro atoms. The molecule has 2 unspecified atom stereocenters. The number of benzene rings is 1. The van der Waals surface area contributed by atoms with Gasteiger partial charge < -0.3 is 10.2 Å². The molecule has 0 heterocycles. The highest BCUT2D eigenvalue weighted by molar-refractivity contribution is 9.10. The molecule has 0 amide bonds. The van der Waals surface area contributed by atoms with Crippen molar-refractivity contribution in [1.29, 1.82) is 0 Å². The number of carboxylic acids is 1. The smallest absolute Gasteiger partial charge is 0.341 e. The second-order valence-corrected chi connectivity index (χ2v) is 4.12. The van der Waals surface area contributed by atoms with Gasteiger partial charge in [0.25, 0.3) is 0 Å². The quantitative estimate of drug-likeness (QED) is 0.901. The third kappa shape index (κ3) is 2.90. The fourth-order valence-electron chi connectivity index (χ4n) is 1.00.